The van der Waals surface area contributed by atoms with Crippen molar-refractivity contribution in [1.82, 2.24) is 14.9 Å². The molecule has 6 nitrogen and oxygen atoms in total. The summed E-state index contributed by atoms with van der Waals surface area (Å²) in [6.45, 7) is 3.88. The molecule has 1 fully saturated rings. The number of benzene rings is 1. The van der Waals surface area contributed by atoms with Gasteiger partial charge in [0.1, 0.15) is 5.82 Å². The van der Waals surface area contributed by atoms with E-state index in [9.17, 15) is 9.18 Å². The Labute approximate surface area is 159 Å². The van der Waals surface area contributed by atoms with E-state index in [1.54, 1.807) is 17.0 Å². The standard InChI is InChI=1S/C19H17FN4O2S/c20-14-1-2-16-12(7-14)8-17(27-16)18(25)24-10-13-9-21-19(22-15(13)11-24)23-3-5-26-6-4-23/h1-2,7-9H,3-6,10-11H2. The number of rotatable bonds is 2. The van der Waals surface area contributed by atoms with E-state index >= 15 is 0 Å². The fourth-order valence-electron chi connectivity index (χ4n) is 3.48. The number of fused-ring (bicyclic) bond motifs is 2. The van der Waals surface area contributed by atoms with Crippen molar-refractivity contribution in [3.63, 3.8) is 0 Å². The highest BCUT2D eigenvalue weighted by Crippen LogP contribution is 2.30. The third-order valence-electron chi connectivity index (χ3n) is 4.91. The van der Waals surface area contributed by atoms with Gasteiger partial charge in [0.05, 0.1) is 30.3 Å². The zero-order valence-corrected chi connectivity index (χ0v) is 15.3. The van der Waals surface area contributed by atoms with Crippen LogP contribution in [0.3, 0.4) is 0 Å². The molecule has 0 spiro atoms. The molecule has 1 amide bonds. The number of carbonyl (C=O) groups is 1. The molecule has 4 heterocycles. The monoisotopic (exact) mass is 384 g/mol. The summed E-state index contributed by atoms with van der Waals surface area (Å²) in [4.78, 5) is 26.6. The highest BCUT2D eigenvalue weighted by Gasteiger charge is 2.28. The smallest absolute Gasteiger partial charge is 0.264 e. The predicted octanol–water partition coefficient (Wildman–Crippen LogP) is 2.82. The number of halogens is 1. The number of amides is 1. The average Bonchev–Trinajstić information content (AvgIpc) is 3.31. The van der Waals surface area contributed by atoms with Gasteiger partial charge in [0.15, 0.2) is 0 Å². The molecule has 2 aliphatic rings. The molecule has 1 saturated heterocycles. The number of thiophene rings is 1. The summed E-state index contributed by atoms with van der Waals surface area (Å²) in [6.07, 6.45) is 1.82. The second kappa shape index (κ2) is 6.54. The summed E-state index contributed by atoms with van der Waals surface area (Å²) in [5.74, 6) is 0.352. The van der Waals surface area contributed by atoms with Crippen LogP contribution in [0, 0.1) is 5.82 Å². The second-order valence-electron chi connectivity index (χ2n) is 6.70. The Morgan fingerprint density at radius 1 is 1.19 bits per heavy atom. The number of carbonyl (C=O) groups excluding carboxylic acids is 1. The molecule has 138 valence electrons. The van der Waals surface area contributed by atoms with Crippen molar-refractivity contribution in [2.75, 3.05) is 31.2 Å². The summed E-state index contributed by atoms with van der Waals surface area (Å²) in [6, 6.07) is 6.35. The molecule has 0 atom stereocenters. The maximum atomic E-state index is 13.4. The molecule has 0 bridgehead atoms. The van der Waals surface area contributed by atoms with Crippen LogP contribution in [0.15, 0.2) is 30.5 Å². The molecule has 27 heavy (non-hydrogen) atoms. The molecule has 8 heteroatoms. The van der Waals surface area contributed by atoms with Gasteiger partial charge in [-0.05, 0) is 29.7 Å². The van der Waals surface area contributed by atoms with Crippen molar-refractivity contribution >= 4 is 33.3 Å². The quantitative estimate of drug-likeness (QED) is 0.680. The molecule has 0 radical (unpaired) electrons. The van der Waals surface area contributed by atoms with Crippen LogP contribution in [0.5, 0.6) is 0 Å². The highest BCUT2D eigenvalue weighted by atomic mass is 32.1. The number of nitrogens with zero attached hydrogens (tertiary/aromatic N) is 4. The number of hydrogen-bond acceptors (Lipinski definition) is 6. The normalized spacial score (nSPS) is 16.8. The number of morpholine rings is 1. The fourth-order valence-corrected chi connectivity index (χ4v) is 4.49. The topological polar surface area (TPSA) is 58.6 Å². The third kappa shape index (κ3) is 3.04. The molecular formula is C19H17FN4O2S. The maximum absolute atomic E-state index is 13.4. The molecule has 0 unspecified atom stereocenters. The van der Waals surface area contributed by atoms with Gasteiger partial charge in [0.2, 0.25) is 5.95 Å². The molecule has 0 saturated carbocycles. The molecule has 3 aromatic rings. The maximum Gasteiger partial charge on any atom is 0.264 e. The van der Waals surface area contributed by atoms with Gasteiger partial charge in [-0.2, -0.15) is 0 Å². The minimum absolute atomic E-state index is 0.0532. The predicted molar refractivity (Wildman–Crippen MR) is 100 cm³/mol. The van der Waals surface area contributed by atoms with E-state index in [0.29, 0.717) is 37.1 Å². The Kier molecular flexibility index (Phi) is 4.02. The van der Waals surface area contributed by atoms with E-state index in [0.717, 1.165) is 34.4 Å². The molecular weight excluding hydrogens is 367 g/mol. The first-order valence-corrected chi connectivity index (χ1v) is 9.65. The van der Waals surface area contributed by atoms with Crippen LogP contribution in [0.1, 0.15) is 20.9 Å². The molecule has 2 aliphatic heterocycles. The van der Waals surface area contributed by atoms with Gasteiger partial charge in [-0.1, -0.05) is 0 Å². The zero-order chi connectivity index (χ0) is 18.4. The first-order valence-electron chi connectivity index (χ1n) is 8.83. The number of anilines is 1. The minimum atomic E-state index is -0.293. The van der Waals surface area contributed by atoms with Crippen molar-refractivity contribution in [3.05, 3.63) is 52.4 Å². The van der Waals surface area contributed by atoms with E-state index in [1.165, 1.54) is 23.5 Å². The summed E-state index contributed by atoms with van der Waals surface area (Å²) in [5.41, 5.74) is 1.87. The molecule has 2 aromatic heterocycles. The van der Waals surface area contributed by atoms with Crippen LogP contribution in [0.25, 0.3) is 10.1 Å². The first kappa shape index (κ1) is 16.6. The summed E-state index contributed by atoms with van der Waals surface area (Å²) in [5, 5.41) is 0.759. The number of aromatic nitrogens is 2. The van der Waals surface area contributed by atoms with Gasteiger partial charge in [-0.3, -0.25) is 4.79 Å². The Hall–Kier alpha value is -2.58. The SMILES string of the molecule is O=C(c1cc2cc(F)ccc2s1)N1Cc2cnc(N3CCOCC3)nc2C1. The fraction of sp³-hybridized carbons (Fsp3) is 0.316. The van der Waals surface area contributed by atoms with Crippen LogP contribution in [0.2, 0.25) is 0 Å². The van der Waals surface area contributed by atoms with Crippen LogP contribution in [-0.2, 0) is 17.8 Å². The van der Waals surface area contributed by atoms with Gasteiger partial charge >= 0.3 is 0 Å². The van der Waals surface area contributed by atoms with E-state index in [1.807, 2.05) is 6.20 Å². The van der Waals surface area contributed by atoms with Crippen LogP contribution >= 0.6 is 11.3 Å². The Bertz CT molecular complexity index is 1030. The molecule has 0 aliphatic carbocycles. The lowest BCUT2D eigenvalue weighted by molar-refractivity contribution is 0.0755. The Morgan fingerprint density at radius 3 is 2.89 bits per heavy atom. The van der Waals surface area contributed by atoms with E-state index in [4.69, 9.17) is 4.74 Å². The summed E-state index contributed by atoms with van der Waals surface area (Å²) >= 11 is 1.39. The van der Waals surface area contributed by atoms with Crippen LogP contribution in [-0.4, -0.2) is 47.1 Å². The van der Waals surface area contributed by atoms with Gasteiger partial charge in [-0.25, -0.2) is 14.4 Å². The minimum Gasteiger partial charge on any atom is -0.378 e. The molecule has 0 N–H and O–H groups in total. The number of hydrogen-bond donors (Lipinski definition) is 0. The van der Waals surface area contributed by atoms with E-state index < -0.39 is 0 Å². The van der Waals surface area contributed by atoms with Crippen molar-refractivity contribution in [1.29, 1.82) is 0 Å². The third-order valence-corrected chi connectivity index (χ3v) is 6.02. The van der Waals surface area contributed by atoms with Gasteiger partial charge < -0.3 is 14.5 Å². The van der Waals surface area contributed by atoms with Gasteiger partial charge in [0, 0.05) is 36.1 Å². The summed E-state index contributed by atoms with van der Waals surface area (Å²) in [7, 11) is 0. The highest BCUT2D eigenvalue weighted by molar-refractivity contribution is 7.20. The van der Waals surface area contributed by atoms with Crippen LogP contribution in [0.4, 0.5) is 10.3 Å². The van der Waals surface area contributed by atoms with Crippen molar-refractivity contribution in [3.8, 4) is 0 Å². The zero-order valence-electron chi connectivity index (χ0n) is 14.5. The lowest BCUT2D eigenvalue weighted by Gasteiger charge is -2.26. The van der Waals surface area contributed by atoms with E-state index in [-0.39, 0.29) is 11.7 Å². The first-order chi connectivity index (χ1) is 13.2. The van der Waals surface area contributed by atoms with E-state index in [2.05, 4.69) is 14.9 Å². The van der Waals surface area contributed by atoms with Crippen molar-refractivity contribution in [2.24, 2.45) is 0 Å². The second-order valence-corrected chi connectivity index (χ2v) is 7.78. The van der Waals surface area contributed by atoms with Gasteiger partial charge in [-0.15, -0.1) is 11.3 Å². The van der Waals surface area contributed by atoms with Gasteiger partial charge in [0.25, 0.3) is 5.91 Å². The number of ether oxygens (including phenoxy) is 1. The van der Waals surface area contributed by atoms with Crippen LogP contribution < -0.4 is 4.90 Å². The molecule has 1 aromatic carbocycles. The van der Waals surface area contributed by atoms with Crippen molar-refractivity contribution < 1.29 is 13.9 Å². The Morgan fingerprint density at radius 2 is 2.04 bits per heavy atom. The lowest BCUT2D eigenvalue weighted by Crippen LogP contribution is -2.37. The Balaban J connectivity index is 1.37. The lowest BCUT2D eigenvalue weighted by atomic mass is 10.2. The summed E-state index contributed by atoms with van der Waals surface area (Å²) < 4.78 is 19.7. The van der Waals surface area contributed by atoms with Crippen molar-refractivity contribution in [2.45, 2.75) is 13.1 Å². The largest absolute Gasteiger partial charge is 0.378 e. The average molecular weight is 384 g/mol. The molecule has 5 rings (SSSR count).